The molecule has 0 radical (unpaired) electrons. The van der Waals surface area contributed by atoms with Gasteiger partial charge >= 0.3 is 0 Å². The lowest BCUT2D eigenvalue weighted by Gasteiger charge is -2.23. The van der Waals surface area contributed by atoms with E-state index in [9.17, 15) is 4.79 Å². The molecule has 5 heteroatoms. The number of ether oxygens (including phenoxy) is 1. The van der Waals surface area contributed by atoms with Crippen molar-refractivity contribution in [2.24, 2.45) is 0 Å². The Balaban J connectivity index is 1.86. The summed E-state index contributed by atoms with van der Waals surface area (Å²) in [7, 11) is 4.05. The molecule has 1 saturated heterocycles. The number of hydrogen-bond acceptors (Lipinski definition) is 4. The summed E-state index contributed by atoms with van der Waals surface area (Å²) in [5.41, 5.74) is 2.03. The average molecular weight is 277 g/mol. The largest absolute Gasteiger partial charge is 0.375 e. The standard InChI is InChI=1S/C15H23N3O2/c1-18(2)11-12-4-3-5-13(8-12)17-15(19)9-14-10-16-6-7-20-14/h3-5,8,14,16H,6-7,9-11H2,1-2H3,(H,17,19). The molecule has 110 valence electrons. The van der Waals surface area contributed by atoms with Crippen molar-refractivity contribution in [3.8, 4) is 0 Å². The number of nitrogens with one attached hydrogen (secondary N) is 2. The minimum Gasteiger partial charge on any atom is -0.375 e. The Bertz CT molecular complexity index is 442. The van der Waals surface area contributed by atoms with Gasteiger partial charge in [0.25, 0.3) is 0 Å². The fourth-order valence-electron chi connectivity index (χ4n) is 2.28. The second-order valence-corrected chi connectivity index (χ2v) is 5.39. The highest BCUT2D eigenvalue weighted by atomic mass is 16.5. The first-order valence-corrected chi connectivity index (χ1v) is 6.99. The first-order chi connectivity index (χ1) is 9.63. The van der Waals surface area contributed by atoms with E-state index in [0.717, 1.165) is 25.3 Å². The SMILES string of the molecule is CN(C)Cc1cccc(NC(=O)CC2CNCCO2)c1. The van der Waals surface area contributed by atoms with Gasteiger partial charge in [-0.15, -0.1) is 0 Å². The maximum Gasteiger partial charge on any atom is 0.227 e. The van der Waals surface area contributed by atoms with Crippen LogP contribution in [0.2, 0.25) is 0 Å². The number of carbonyl (C=O) groups excluding carboxylic acids is 1. The van der Waals surface area contributed by atoms with Gasteiger partial charge in [-0.1, -0.05) is 12.1 Å². The van der Waals surface area contributed by atoms with Crippen molar-refractivity contribution in [2.45, 2.75) is 19.1 Å². The molecule has 1 aromatic rings. The number of anilines is 1. The van der Waals surface area contributed by atoms with Crippen LogP contribution in [0.3, 0.4) is 0 Å². The van der Waals surface area contributed by atoms with Crippen LogP contribution >= 0.6 is 0 Å². The number of amides is 1. The quantitative estimate of drug-likeness (QED) is 0.845. The van der Waals surface area contributed by atoms with Crippen molar-refractivity contribution < 1.29 is 9.53 Å². The molecule has 5 nitrogen and oxygen atoms in total. The third kappa shape index (κ3) is 4.92. The molecule has 1 amide bonds. The summed E-state index contributed by atoms with van der Waals surface area (Å²) in [5, 5.41) is 6.16. The molecule has 1 aliphatic rings. The van der Waals surface area contributed by atoms with Crippen LogP contribution in [-0.4, -0.2) is 50.7 Å². The molecular weight excluding hydrogens is 254 g/mol. The minimum atomic E-state index is -0.0197. The molecule has 1 aromatic carbocycles. The van der Waals surface area contributed by atoms with Gasteiger partial charge in [0.05, 0.1) is 19.1 Å². The summed E-state index contributed by atoms with van der Waals surface area (Å²) in [6, 6.07) is 7.95. The monoisotopic (exact) mass is 277 g/mol. The van der Waals surface area contributed by atoms with Gasteiger partial charge in [0, 0.05) is 25.3 Å². The summed E-state index contributed by atoms with van der Waals surface area (Å²) in [4.78, 5) is 14.1. The molecule has 1 heterocycles. The molecule has 0 saturated carbocycles. The molecule has 1 atom stereocenters. The minimum absolute atomic E-state index is 0.000651. The lowest BCUT2D eigenvalue weighted by molar-refractivity contribution is -0.119. The summed E-state index contributed by atoms with van der Waals surface area (Å²) >= 11 is 0. The number of benzene rings is 1. The van der Waals surface area contributed by atoms with Gasteiger partial charge in [-0.05, 0) is 31.8 Å². The van der Waals surface area contributed by atoms with E-state index in [-0.39, 0.29) is 12.0 Å². The van der Waals surface area contributed by atoms with Crippen molar-refractivity contribution in [3.63, 3.8) is 0 Å². The van der Waals surface area contributed by atoms with Crippen molar-refractivity contribution in [1.29, 1.82) is 0 Å². The van der Waals surface area contributed by atoms with Crippen molar-refractivity contribution in [1.82, 2.24) is 10.2 Å². The molecule has 20 heavy (non-hydrogen) atoms. The normalized spacial score (nSPS) is 19.1. The molecule has 0 bridgehead atoms. The Hall–Kier alpha value is -1.43. The molecule has 2 rings (SSSR count). The van der Waals surface area contributed by atoms with Gasteiger partial charge < -0.3 is 20.3 Å². The molecule has 2 N–H and O–H groups in total. The predicted molar refractivity (Wildman–Crippen MR) is 79.7 cm³/mol. The maximum atomic E-state index is 12.0. The van der Waals surface area contributed by atoms with E-state index in [4.69, 9.17) is 4.74 Å². The highest BCUT2D eigenvalue weighted by Gasteiger charge is 2.17. The number of carbonyl (C=O) groups is 1. The highest BCUT2D eigenvalue weighted by Crippen LogP contribution is 2.13. The molecule has 1 unspecified atom stereocenters. The zero-order chi connectivity index (χ0) is 14.4. The van der Waals surface area contributed by atoms with Crippen LogP contribution in [0.1, 0.15) is 12.0 Å². The Morgan fingerprint density at radius 3 is 3.05 bits per heavy atom. The maximum absolute atomic E-state index is 12.0. The third-order valence-corrected chi connectivity index (χ3v) is 3.13. The molecule has 0 aliphatic carbocycles. The number of morpholine rings is 1. The summed E-state index contributed by atoms with van der Waals surface area (Å²) in [6.45, 7) is 3.15. The van der Waals surface area contributed by atoms with E-state index < -0.39 is 0 Å². The smallest absolute Gasteiger partial charge is 0.227 e. The van der Waals surface area contributed by atoms with E-state index >= 15 is 0 Å². The summed E-state index contributed by atoms with van der Waals surface area (Å²) < 4.78 is 5.53. The topological polar surface area (TPSA) is 53.6 Å². The lowest BCUT2D eigenvalue weighted by atomic mass is 10.1. The first kappa shape index (κ1) is 15.0. The summed E-state index contributed by atoms with van der Waals surface area (Å²) in [5.74, 6) is 0.000651. The first-order valence-electron chi connectivity index (χ1n) is 6.99. The van der Waals surface area contributed by atoms with Crippen LogP contribution in [-0.2, 0) is 16.1 Å². The zero-order valence-electron chi connectivity index (χ0n) is 12.2. The van der Waals surface area contributed by atoms with Crippen LogP contribution in [0.15, 0.2) is 24.3 Å². The lowest BCUT2D eigenvalue weighted by Crippen LogP contribution is -2.40. The van der Waals surface area contributed by atoms with E-state index in [1.807, 2.05) is 32.3 Å². The second-order valence-electron chi connectivity index (χ2n) is 5.39. The van der Waals surface area contributed by atoms with Crippen LogP contribution in [0.25, 0.3) is 0 Å². The van der Waals surface area contributed by atoms with Crippen LogP contribution < -0.4 is 10.6 Å². The molecule has 1 fully saturated rings. The second kappa shape index (κ2) is 7.38. The Morgan fingerprint density at radius 2 is 2.35 bits per heavy atom. The van der Waals surface area contributed by atoms with E-state index in [1.165, 1.54) is 5.56 Å². The van der Waals surface area contributed by atoms with Gasteiger partial charge in [0.15, 0.2) is 0 Å². The van der Waals surface area contributed by atoms with E-state index in [2.05, 4.69) is 21.6 Å². The van der Waals surface area contributed by atoms with Crippen LogP contribution in [0.4, 0.5) is 5.69 Å². The van der Waals surface area contributed by atoms with E-state index in [0.29, 0.717) is 13.0 Å². The average Bonchev–Trinajstić information content (AvgIpc) is 2.39. The predicted octanol–water partition coefficient (Wildman–Crippen LogP) is 1.07. The fraction of sp³-hybridized carbons (Fsp3) is 0.533. The van der Waals surface area contributed by atoms with Crippen LogP contribution in [0.5, 0.6) is 0 Å². The van der Waals surface area contributed by atoms with Crippen molar-refractivity contribution >= 4 is 11.6 Å². The molecular formula is C15H23N3O2. The zero-order valence-corrected chi connectivity index (χ0v) is 12.2. The highest BCUT2D eigenvalue weighted by molar-refractivity contribution is 5.91. The van der Waals surface area contributed by atoms with Gasteiger partial charge in [0.1, 0.15) is 0 Å². The molecule has 0 aromatic heterocycles. The van der Waals surface area contributed by atoms with Gasteiger partial charge in [0.2, 0.25) is 5.91 Å². The van der Waals surface area contributed by atoms with Gasteiger partial charge in [-0.25, -0.2) is 0 Å². The summed E-state index contributed by atoms with van der Waals surface area (Å²) in [6.07, 6.45) is 0.374. The van der Waals surface area contributed by atoms with E-state index in [1.54, 1.807) is 0 Å². The van der Waals surface area contributed by atoms with Crippen LogP contribution in [0, 0.1) is 0 Å². The Morgan fingerprint density at radius 1 is 1.50 bits per heavy atom. The molecule has 1 aliphatic heterocycles. The fourth-order valence-corrected chi connectivity index (χ4v) is 2.28. The number of rotatable bonds is 5. The number of nitrogens with zero attached hydrogens (tertiary/aromatic N) is 1. The third-order valence-electron chi connectivity index (χ3n) is 3.13. The van der Waals surface area contributed by atoms with Gasteiger partial charge in [-0.2, -0.15) is 0 Å². The number of hydrogen-bond donors (Lipinski definition) is 2. The molecule has 0 spiro atoms. The Labute approximate surface area is 120 Å². The Kier molecular flexibility index (Phi) is 5.52. The van der Waals surface area contributed by atoms with Crippen molar-refractivity contribution in [2.75, 3.05) is 39.1 Å². The van der Waals surface area contributed by atoms with Gasteiger partial charge in [-0.3, -0.25) is 4.79 Å². The van der Waals surface area contributed by atoms with Crippen molar-refractivity contribution in [3.05, 3.63) is 29.8 Å².